The van der Waals surface area contributed by atoms with E-state index < -0.39 is 9.55 Å². The van der Waals surface area contributed by atoms with E-state index in [9.17, 15) is 0 Å². The van der Waals surface area contributed by atoms with Crippen LogP contribution in [0.25, 0.3) is 0 Å². The van der Waals surface area contributed by atoms with E-state index in [1.807, 2.05) is 0 Å². The second-order valence-electron chi connectivity index (χ2n) is 0.429. The maximum Gasteiger partial charge on any atom is -1.00 e. The first-order chi connectivity index (χ1) is 2.00. The van der Waals surface area contributed by atoms with E-state index in [-0.39, 0.29) is 1.43 Å². The van der Waals surface area contributed by atoms with Gasteiger partial charge < -0.3 is 1.43 Å². The molecule has 0 atom stereocenters. The molecule has 0 aliphatic carbocycles. The smallest absolute Gasteiger partial charge is 1.00 e. The molecule has 34 valence electrons. The molecule has 0 unspecified atom stereocenters. The van der Waals surface area contributed by atoms with Gasteiger partial charge in [0.15, 0.2) is 0 Å². The maximum absolute atomic E-state index is 5.01. The van der Waals surface area contributed by atoms with E-state index in [0.29, 0.717) is 0 Å². The van der Waals surface area contributed by atoms with E-state index in [1.54, 1.807) is 0 Å². The van der Waals surface area contributed by atoms with E-state index in [4.69, 9.17) is 40.0 Å². The summed E-state index contributed by atoms with van der Waals surface area (Å²) in [5.74, 6) is 0. The Bertz CT molecular complexity index is 23.0. The normalized spacial score (nSPS) is 12.0. The van der Waals surface area contributed by atoms with Crippen LogP contribution in [0, 0.1) is 0 Å². The molecule has 0 aliphatic heterocycles. The molecule has 0 aromatic heterocycles. The minimum absolute atomic E-state index is 0. The molecule has 0 rings (SSSR count). The van der Waals surface area contributed by atoms with Crippen molar-refractivity contribution in [2.45, 2.75) is 0 Å². The van der Waals surface area contributed by atoms with Crippen LogP contribution in [0.15, 0.2) is 0 Å². The van der Waals surface area contributed by atoms with Crippen molar-refractivity contribution in [2.75, 3.05) is 0 Å². The van der Waals surface area contributed by atoms with E-state index in [1.165, 1.54) is 0 Å². The summed E-state index contributed by atoms with van der Waals surface area (Å²) in [5, 5.41) is 0. The summed E-state index contributed by atoms with van der Waals surface area (Å²) in [4.78, 5) is 0. The van der Waals surface area contributed by atoms with Crippen LogP contribution in [0.3, 0.4) is 0 Å². The summed E-state index contributed by atoms with van der Waals surface area (Å²) in [6, 6.07) is 0. The van der Waals surface area contributed by atoms with Gasteiger partial charge in [-0.1, -0.05) is 0 Å². The fraction of sp³-hybridized carbons (Fsp3) is 0. The molecule has 0 radical (unpaired) electrons. The molecule has 0 aromatic rings. The van der Waals surface area contributed by atoms with Crippen molar-refractivity contribution in [3.8, 4) is 0 Å². The first-order valence-electron chi connectivity index (χ1n) is 0.756. The number of hydrogen-bond acceptors (Lipinski definition) is 0. The zero-order chi connectivity index (χ0) is 4.50. The number of halogens is 4. The van der Waals surface area contributed by atoms with Crippen LogP contribution in [0.4, 0.5) is 0 Å². The second kappa shape index (κ2) is 2.13. The molecule has 0 nitrogen and oxygen atoms in total. The van der Waals surface area contributed by atoms with Gasteiger partial charge in [0.05, 0.1) is 0 Å². The van der Waals surface area contributed by atoms with Crippen molar-refractivity contribution in [3.05, 3.63) is 0 Å². The number of rotatable bonds is 0. The topological polar surface area (TPSA) is 0 Å². The molecular formula is HCl4Ge-. The van der Waals surface area contributed by atoms with Crippen LogP contribution in [0.2, 0.25) is 0 Å². The van der Waals surface area contributed by atoms with E-state index in [0.717, 1.165) is 0 Å². The summed E-state index contributed by atoms with van der Waals surface area (Å²) >= 11 is 0. The molecule has 5 heteroatoms. The van der Waals surface area contributed by atoms with Crippen molar-refractivity contribution < 1.29 is 1.43 Å². The Morgan fingerprint density at radius 3 is 1.00 bits per heavy atom. The van der Waals surface area contributed by atoms with Crippen LogP contribution in [-0.2, 0) is 0 Å². The third-order valence-corrected chi connectivity index (χ3v) is 0. The largest absolute Gasteiger partial charge is 1.00 e. The van der Waals surface area contributed by atoms with Gasteiger partial charge in [-0.15, -0.1) is 0 Å². The van der Waals surface area contributed by atoms with Crippen molar-refractivity contribution >= 4 is 49.6 Å². The average molecular weight is 215 g/mol. The molecule has 0 N–H and O–H groups in total. The molecular weight excluding hydrogens is 214 g/mol. The SMILES string of the molecule is [Cl][Ge]([Cl])([Cl])[Cl].[H-]. The Labute approximate surface area is 50.9 Å². The summed E-state index contributed by atoms with van der Waals surface area (Å²) in [7, 11) is 16.9. The molecule has 0 heterocycles. The summed E-state index contributed by atoms with van der Waals surface area (Å²) in [6.45, 7) is 0. The zero-order valence-corrected chi connectivity index (χ0v) is 7.13. The summed E-state index contributed by atoms with van der Waals surface area (Å²) < 4.78 is 0. The van der Waals surface area contributed by atoms with Gasteiger partial charge >= 0.3 is 49.6 Å². The Balaban J connectivity index is 0. The summed E-state index contributed by atoms with van der Waals surface area (Å²) in [5.41, 5.74) is 0. The van der Waals surface area contributed by atoms with Gasteiger partial charge in [0.2, 0.25) is 0 Å². The molecule has 0 amide bonds. The molecule has 0 bridgehead atoms. The van der Waals surface area contributed by atoms with Crippen molar-refractivity contribution in [1.82, 2.24) is 0 Å². The first-order valence-corrected chi connectivity index (χ1v) is 11.8. The maximum atomic E-state index is 5.01. The van der Waals surface area contributed by atoms with E-state index in [2.05, 4.69) is 0 Å². The molecule has 0 saturated heterocycles. The molecule has 0 aliphatic rings. The van der Waals surface area contributed by atoms with Crippen LogP contribution in [0.1, 0.15) is 1.43 Å². The second-order valence-corrected chi connectivity index (χ2v) is 20.0. The molecule has 0 fully saturated rings. The van der Waals surface area contributed by atoms with E-state index >= 15 is 0 Å². The Hall–Kier alpha value is 1.70. The fourth-order valence-corrected chi connectivity index (χ4v) is 0. The minimum Gasteiger partial charge on any atom is -1.00 e. The minimum atomic E-state index is -3.11. The summed E-state index contributed by atoms with van der Waals surface area (Å²) in [6.07, 6.45) is 0. The standard InChI is InChI=1S/Cl4Ge.H/c1-5(2,3)4;/q;-1. The van der Waals surface area contributed by atoms with Crippen molar-refractivity contribution in [2.24, 2.45) is 0 Å². The van der Waals surface area contributed by atoms with Gasteiger partial charge in [0.25, 0.3) is 0 Å². The zero-order valence-electron chi connectivity index (χ0n) is 3.01. The predicted molar refractivity (Wildman–Crippen MR) is 30.3 cm³/mol. The Morgan fingerprint density at radius 2 is 1.00 bits per heavy atom. The third-order valence-electron chi connectivity index (χ3n) is 0. The first kappa shape index (κ1) is 6.70. The van der Waals surface area contributed by atoms with Crippen LogP contribution in [-0.4, -0.2) is 9.55 Å². The molecule has 0 aromatic carbocycles. The van der Waals surface area contributed by atoms with Crippen LogP contribution < -0.4 is 0 Å². The van der Waals surface area contributed by atoms with Crippen molar-refractivity contribution in [1.29, 1.82) is 0 Å². The Morgan fingerprint density at radius 1 is 1.00 bits per heavy atom. The monoisotopic (exact) mass is 215 g/mol. The van der Waals surface area contributed by atoms with Crippen molar-refractivity contribution in [3.63, 3.8) is 0 Å². The van der Waals surface area contributed by atoms with Gasteiger partial charge in [0, 0.05) is 0 Å². The van der Waals surface area contributed by atoms with Gasteiger partial charge in [0.1, 0.15) is 0 Å². The quantitative estimate of drug-likeness (QED) is 0.545. The van der Waals surface area contributed by atoms with Gasteiger partial charge in [-0.25, -0.2) is 0 Å². The molecule has 0 saturated carbocycles. The number of hydrogen-bond donors (Lipinski definition) is 0. The fourth-order valence-electron chi connectivity index (χ4n) is 0. The van der Waals surface area contributed by atoms with Gasteiger partial charge in [-0.2, -0.15) is 0 Å². The molecule has 0 spiro atoms. The Kier molecular flexibility index (Phi) is 2.85. The van der Waals surface area contributed by atoms with Crippen LogP contribution in [0.5, 0.6) is 0 Å². The third kappa shape index (κ3) is 27.0. The van der Waals surface area contributed by atoms with Gasteiger partial charge in [-0.3, -0.25) is 0 Å². The van der Waals surface area contributed by atoms with Crippen LogP contribution >= 0.6 is 40.0 Å². The van der Waals surface area contributed by atoms with Gasteiger partial charge in [-0.05, 0) is 0 Å². The average Bonchev–Trinajstić information content (AvgIpc) is 0.722. The molecule has 5 heavy (non-hydrogen) atoms. The predicted octanol–water partition coefficient (Wildman–Crippen LogP) is 2.49.